The molecule has 7 nitrogen and oxygen atoms in total. The molecule has 0 saturated carbocycles. The number of alkyl halides is 2. The number of hydrogen-bond acceptors (Lipinski definition) is 6. The van der Waals surface area contributed by atoms with Crippen molar-refractivity contribution in [2.75, 3.05) is 19.0 Å². The molecule has 3 aliphatic rings. The van der Waals surface area contributed by atoms with Crippen LogP contribution < -0.4 is 10.1 Å². The van der Waals surface area contributed by atoms with Crippen molar-refractivity contribution in [2.24, 2.45) is 5.16 Å². The molecule has 1 aromatic heterocycles. The molecule has 0 saturated heterocycles. The minimum Gasteiger partial charge on any atom is -0.494 e. The van der Waals surface area contributed by atoms with Gasteiger partial charge in [-0.15, -0.1) is 0 Å². The first kappa shape index (κ1) is 24.1. The van der Waals surface area contributed by atoms with Crippen molar-refractivity contribution in [1.82, 2.24) is 14.5 Å². The monoisotopic (exact) mass is 517 g/mol. The Hall–Kier alpha value is -3.66. The Kier molecular flexibility index (Phi) is 6.53. The summed E-state index contributed by atoms with van der Waals surface area (Å²) in [4.78, 5) is 11.4. The van der Waals surface area contributed by atoms with Gasteiger partial charge in [-0.2, -0.15) is 0 Å². The molecule has 5 rings (SSSR count). The maximum Gasteiger partial charge on any atom is 0.196 e. The highest BCUT2D eigenvalue weighted by molar-refractivity contribution is 6.32. The molecular formula is C25H23ClF3N5O2. The van der Waals surface area contributed by atoms with Gasteiger partial charge in [-0.1, -0.05) is 16.8 Å². The number of amidine groups is 1. The molecular weight excluding hydrogens is 495 g/mol. The smallest absolute Gasteiger partial charge is 0.196 e. The Labute approximate surface area is 210 Å². The van der Waals surface area contributed by atoms with Gasteiger partial charge in [-0.25, -0.2) is 18.2 Å². The third kappa shape index (κ3) is 4.60. The van der Waals surface area contributed by atoms with E-state index in [0.29, 0.717) is 34.4 Å². The van der Waals surface area contributed by atoms with E-state index in [1.54, 1.807) is 30.6 Å². The fourth-order valence-electron chi connectivity index (χ4n) is 4.33. The van der Waals surface area contributed by atoms with Crippen molar-refractivity contribution in [1.29, 1.82) is 0 Å². The predicted molar refractivity (Wildman–Crippen MR) is 131 cm³/mol. The second kappa shape index (κ2) is 9.77. The number of halogens is 4. The molecule has 3 unspecified atom stereocenters. The first-order chi connectivity index (χ1) is 17.3. The van der Waals surface area contributed by atoms with Crippen LogP contribution in [0.25, 0.3) is 5.69 Å². The van der Waals surface area contributed by atoms with Gasteiger partial charge >= 0.3 is 0 Å². The molecule has 11 heteroatoms. The van der Waals surface area contributed by atoms with Crippen LogP contribution in [-0.4, -0.2) is 52.4 Å². The van der Waals surface area contributed by atoms with E-state index in [2.05, 4.69) is 15.5 Å². The molecule has 36 heavy (non-hydrogen) atoms. The molecule has 188 valence electrons. The number of rotatable bonds is 5. The van der Waals surface area contributed by atoms with E-state index in [1.165, 1.54) is 0 Å². The van der Waals surface area contributed by atoms with Gasteiger partial charge in [0.2, 0.25) is 0 Å². The van der Waals surface area contributed by atoms with Crippen molar-refractivity contribution in [2.45, 2.75) is 31.7 Å². The Morgan fingerprint density at radius 2 is 2.08 bits per heavy atom. The van der Waals surface area contributed by atoms with Crippen molar-refractivity contribution < 1.29 is 22.7 Å². The minimum atomic E-state index is -2.30. The van der Waals surface area contributed by atoms with Crippen LogP contribution in [0.2, 0.25) is 0 Å². The van der Waals surface area contributed by atoms with Gasteiger partial charge in [0.15, 0.2) is 18.2 Å². The van der Waals surface area contributed by atoms with Gasteiger partial charge in [0.1, 0.15) is 18.2 Å². The largest absolute Gasteiger partial charge is 0.494 e. The van der Waals surface area contributed by atoms with Crippen molar-refractivity contribution in [3.63, 3.8) is 0 Å². The second-order valence-electron chi connectivity index (χ2n) is 8.51. The lowest BCUT2D eigenvalue weighted by atomic mass is 9.94. The van der Waals surface area contributed by atoms with Crippen molar-refractivity contribution in [3.05, 3.63) is 83.0 Å². The lowest BCUT2D eigenvalue weighted by Gasteiger charge is -2.34. The molecule has 1 aliphatic carbocycles. The van der Waals surface area contributed by atoms with Crippen LogP contribution in [0.15, 0.2) is 82.4 Å². The Morgan fingerprint density at radius 1 is 1.25 bits per heavy atom. The number of methoxy groups -OCH3 is 1. The number of benzene rings is 1. The van der Waals surface area contributed by atoms with E-state index in [4.69, 9.17) is 21.2 Å². The van der Waals surface area contributed by atoms with Crippen LogP contribution in [0.3, 0.4) is 0 Å². The van der Waals surface area contributed by atoms with Crippen LogP contribution in [-0.2, 0) is 4.84 Å². The van der Waals surface area contributed by atoms with Crippen LogP contribution in [0, 0.1) is 6.92 Å². The maximum atomic E-state index is 14.1. The fraction of sp³-hybridized carbons (Fsp3) is 0.280. The zero-order chi connectivity index (χ0) is 25.4. The number of hydrogen-bond donors (Lipinski definition) is 1. The molecule has 0 amide bonds. The lowest BCUT2D eigenvalue weighted by molar-refractivity contribution is 0.143. The number of oxime groups is 1. The number of ether oxygens (including phenoxy) is 1. The minimum absolute atomic E-state index is 0.194. The molecule has 0 radical (unpaired) electrons. The fourth-order valence-corrected chi connectivity index (χ4v) is 4.54. The summed E-state index contributed by atoms with van der Waals surface area (Å²) in [7, 11) is 1.58. The third-order valence-electron chi connectivity index (χ3n) is 6.03. The summed E-state index contributed by atoms with van der Waals surface area (Å²) in [6.07, 6.45) is 4.98. The number of anilines is 1. The Bertz CT molecular complexity index is 1330. The van der Waals surface area contributed by atoms with E-state index in [1.807, 2.05) is 35.9 Å². The normalized spacial score (nSPS) is 23.8. The van der Waals surface area contributed by atoms with Crippen molar-refractivity contribution in [3.8, 4) is 11.4 Å². The highest BCUT2D eigenvalue weighted by atomic mass is 35.5. The zero-order valence-electron chi connectivity index (χ0n) is 19.5. The van der Waals surface area contributed by atoms with Gasteiger partial charge < -0.3 is 24.4 Å². The number of allylic oxidation sites excluding steroid dienone is 4. The summed E-state index contributed by atoms with van der Waals surface area (Å²) in [6.45, 7) is 2.09. The standard InChI is InChI=1S/C25H23ClF3N5O2/c1-14-11-33(13-30-14)22-4-3-17(10-23(22)35-2)31-20-9-16(26)12-34-21(5-6-36-32-25(20)34)15-7-18(27)24(29)19(28)8-15/h3-4,7-13,18,21,24,31H,5-6H2,1-2H3. The molecule has 1 N–H and O–H groups in total. The Balaban J connectivity index is 1.45. The quantitative estimate of drug-likeness (QED) is 0.571. The second-order valence-corrected chi connectivity index (χ2v) is 8.94. The SMILES string of the molecule is COc1cc(NC2=CC(Cl)=CN3C2=NOCCC3C2=CC(F)C(F)C(F)=C2)ccc1-n1cnc(C)c1. The summed E-state index contributed by atoms with van der Waals surface area (Å²) in [5.41, 5.74) is 3.15. The van der Waals surface area contributed by atoms with Crippen molar-refractivity contribution >= 4 is 23.1 Å². The summed E-state index contributed by atoms with van der Waals surface area (Å²) < 4.78 is 49.3. The highest BCUT2D eigenvalue weighted by Crippen LogP contribution is 2.34. The molecule has 2 aliphatic heterocycles. The first-order valence-corrected chi connectivity index (χ1v) is 11.6. The van der Waals surface area contributed by atoms with Crippen LogP contribution in [0.4, 0.5) is 18.9 Å². The number of aryl methyl sites for hydroxylation is 1. The lowest BCUT2D eigenvalue weighted by Crippen LogP contribution is -2.41. The highest BCUT2D eigenvalue weighted by Gasteiger charge is 2.35. The predicted octanol–water partition coefficient (Wildman–Crippen LogP) is 5.45. The van der Waals surface area contributed by atoms with Gasteiger partial charge in [0.05, 0.1) is 41.6 Å². The maximum absolute atomic E-state index is 14.1. The Morgan fingerprint density at radius 3 is 2.81 bits per heavy atom. The van der Waals surface area contributed by atoms with Crippen LogP contribution in [0.1, 0.15) is 12.1 Å². The van der Waals surface area contributed by atoms with E-state index in [0.717, 1.165) is 23.5 Å². The average Bonchev–Trinajstić information content (AvgIpc) is 3.17. The number of aromatic nitrogens is 2. The molecule has 3 atom stereocenters. The number of fused-ring (bicyclic) bond motifs is 1. The topological polar surface area (TPSA) is 63.9 Å². The third-order valence-corrected chi connectivity index (χ3v) is 6.24. The molecule has 0 bridgehead atoms. The zero-order valence-corrected chi connectivity index (χ0v) is 20.2. The van der Waals surface area contributed by atoms with Gasteiger partial charge in [0, 0.05) is 30.6 Å². The first-order valence-electron chi connectivity index (χ1n) is 11.2. The molecule has 2 aromatic rings. The molecule has 1 aromatic carbocycles. The number of imidazole rings is 1. The van der Waals surface area contributed by atoms with Gasteiger partial charge in [-0.05, 0) is 42.9 Å². The number of nitrogens with zero attached hydrogens (tertiary/aromatic N) is 4. The summed E-state index contributed by atoms with van der Waals surface area (Å²) >= 11 is 6.43. The van der Waals surface area contributed by atoms with Crippen LogP contribution in [0.5, 0.6) is 5.75 Å². The molecule has 0 fully saturated rings. The van der Waals surface area contributed by atoms with E-state index in [9.17, 15) is 13.2 Å². The average molecular weight is 518 g/mol. The van der Waals surface area contributed by atoms with E-state index < -0.39 is 24.2 Å². The van der Waals surface area contributed by atoms with E-state index in [-0.39, 0.29) is 12.2 Å². The van der Waals surface area contributed by atoms with E-state index >= 15 is 0 Å². The van der Waals surface area contributed by atoms with Crippen LogP contribution >= 0.6 is 11.6 Å². The summed E-state index contributed by atoms with van der Waals surface area (Å²) in [5.74, 6) is -0.181. The summed E-state index contributed by atoms with van der Waals surface area (Å²) in [5, 5.41) is 7.86. The molecule has 0 spiro atoms. The summed E-state index contributed by atoms with van der Waals surface area (Å²) in [6, 6.07) is 4.99. The van der Waals surface area contributed by atoms with Gasteiger partial charge in [0.25, 0.3) is 0 Å². The number of nitrogens with one attached hydrogen (secondary N) is 1. The molecule has 3 heterocycles. The van der Waals surface area contributed by atoms with Gasteiger partial charge in [-0.3, -0.25) is 0 Å².